The molecule has 1 fully saturated rings. The van der Waals surface area contributed by atoms with Gasteiger partial charge in [0.1, 0.15) is 0 Å². The van der Waals surface area contributed by atoms with Gasteiger partial charge in [0.05, 0.1) is 11.9 Å². The molecule has 0 radical (unpaired) electrons. The van der Waals surface area contributed by atoms with Crippen molar-refractivity contribution in [1.29, 1.82) is 0 Å². The summed E-state index contributed by atoms with van der Waals surface area (Å²) in [4.78, 5) is 10.3. The van der Waals surface area contributed by atoms with Gasteiger partial charge < -0.3 is 0 Å². The van der Waals surface area contributed by atoms with E-state index in [9.17, 15) is 4.79 Å². The number of aldehydes is 1. The predicted octanol–water partition coefficient (Wildman–Crippen LogP) is 1.17. The topological polar surface area (TPSA) is 42.9 Å². The highest BCUT2D eigenvalue weighted by molar-refractivity contribution is 5.74. The first kappa shape index (κ1) is 6.46. The van der Waals surface area contributed by atoms with E-state index < -0.39 is 0 Å². The number of hydrogen-bond acceptors (Lipinski definition) is 3. The molecule has 1 aromatic heterocycles. The molecule has 0 spiro atoms. The molecule has 2 rings (SSSR count). The quantitative estimate of drug-likeness (QED) is 0.591. The number of carbonyl (C=O) groups excluding carboxylic acids is 1. The third-order valence-corrected chi connectivity index (χ3v) is 1.83. The van der Waals surface area contributed by atoms with Gasteiger partial charge in [0.2, 0.25) is 0 Å². The Hall–Kier alpha value is -1.25. The standard InChI is InChI=1S/C8H8N2O/c11-5-6-3-8(7-1-2-7)10-9-4-6/h3-5,7H,1-2H2. The van der Waals surface area contributed by atoms with Crippen molar-refractivity contribution in [3.63, 3.8) is 0 Å². The molecule has 0 atom stereocenters. The molecule has 0 unspecified atom stereocenters. The second kappa shape index (κ2) is 2.42. The maximum Gasteiger partial charge on any atom is 0.151 e. The van der Waals surface area contributed by atoms with Crippen LogP contribution in [0.25, 0.3) is 0 Å². The Morgan fingerprint density at radius 3 is 3.00 bits per heavy atom. The van der Waals surface area contributed by atoms with E-state index in [0.717, 1.165) is 12.0 Å². The number of nitrogens with zero attached hydrogens (tertiary/aromatic N) is 2. The second-order valence-electron chi connectivity index (χ2n) is 2.81. The fourth-order valence-corrected chi connectivity index (χ4v) is 1.04. The third kappa shape index (κ3) is 1.27. The third-order valence-electron chi connectivity index (χ3n) is 1.83. The highest BCUT2D eigenvalue weighted by Gasteiger charge is 2.25. The van der Waals surface area contributed by atoms with Crippen LogP contribution in [0.1, 0.15) is 34.8 Å². The fraction of sp³-hybridized carbons (Fsp3) is 0.375. The molecule has 0 bridgehead atoms. The van der Waals surface area contributed by atoms with Crippen molar-refractivity contribution in [2.45, 2.75) is 18.8 Å². The average molecular weight is 148 g/mol. The first-order chi connectivity index (χ1) is 5.40. The largest absolute Gasteiger partial charge is 0.298 e. The van der Waals surface area contributed by atoms with Crippen LogP contribution >= 0.6 is 0 Å². The summed E-state index contributed by atoms with van der Waals surface area (Å²) in [7, 11) is 0. The average Bonchev–Trinajstić information content (AvgIpc) is 2.87. The molecule has 0 amide bonds. The molecule has 56 valence electrons. The molecule has 0 aromatic carbocycles. The number of hydrogen-bond donors (Lipinski definition) is 0. The summed E-state index contributed by atoms with van der Waals surface area (Å²) in [6, 6.07) is 1.82. The van der Waals surface area contributed by atoms with E-state index in [-0.39, 0.29) is 0 Å². The lowest BCUT2D eigenvalue weighted by molar-refractivity contribution is 0.112. The Balaban J connectivity index is 2.33. The summed E-state index contributed by atoms with van der Waals surface area (Å²) in [5.74, 6) is 0.572. The van der Waals surface area contributed by atoms with E-state index in [2.05, 4.69) is 10.2 Å². The molecule has 1 aliphatic carbocycles. The maximum absolute atomic E-state index is 10.3. The monoisotopic (exact) mass is 148 g/mol. The van der Waals surface area contributed by atoms with Crippen LogP contribution in [0, 0.1) is 0 Å². The minimum absolute atomic E-state index is 0.572. The van der Waals surface area contributed by atoms with E-state index in [1.54, 1.807) is 0 Å². The van der Waals surface area contributed by atoms with Crippen LogP contribution in [0.15, 0.2) is 12.3 Å². The first-order valence-corrected chi connectivity index (χ1v) is 3.68. The lowest BCUT2D eigenvalue weighted by Crippen LogP contribution is -1.92. The van der Waals surface area contributed by atoms with Gasteiger partial charge in [0.25, 0.3) is 0 Å². The molecule has 1 saturated carbocycles. The number of aromatic nitrogens is 2. The van der Waals surface area contributed by atoms with Crippen LogP contribution in [0.4, 0.5) is 0 Å². The van der Waals surface area contributed by atoms with Crippen LogP contribution in [-0.2, 0) is 0 Å². The van der Waals surface area contributed by atoms with E-state index in [4.69, 9.17) is 0 Å². The van der Waals surface area contributed by atoms with E-state index in [1.807, 2.05) is 6.07 Å². The van der Waals surface area contributed by atoms with Gasteiger partial charge in [0, 0.05) is 11.5 Å². The summed E-state index contributed by atoms with van der Waals surface area (Å²) in [5, 5.41) is 7.68. The van der Waals surface area contributed by atoms with Gasteiger partial charge in [-0.05, 0) is 18.9 Å². The summed E-state index contributed by atoms with van der Waals surface area (Å²) >= 11 is 0. The molecule has 0 aliphatic heterocycles. The van der Waals surface area contributed by atoms with Crippen molar-refractivity contribution in [2.75, 3.05) is 0 Å². The van der Waals surface area contributed by atoms with Crippen molar-refractivity contribution in [1.82, 2.24) is 10.2 Å². The van der Waals surface area contributed by atoms with Crippen LogP contribution in [0.2, 0.25) is 0 Å². The van der Waals surface area contributed by atoms with Gasteiger partial charge in [-0.1, -0.05) is 0 Å². The Kier molecular flexibility index (Phi) is 1.42. The van der Waals surface area contributed by atoms with Gasteiger partial charge in [-0.25, -0.2) is 0 Å². The normalized spacial score (nSPS) is 16.4. The summed E-state index contributed by atoms with van der Waals surface area (Å²) < 4.78 is 0. The molecule has 1 heterocycles. The van der Waals surface area contributed by atoms with Crippen LogP contribution in [0.3, 0.4) is 0 Å². The van der Waals surface area contributed by atoms with E-state index in [0.29, 0.717) is 11.5 Å². The molecule has 0 saturated heterocycles. The lowest BCUT2D eigenvalue weighted by Gasteiger charge is -1.94. The highest BCUT2D eigenvalue weighted by atomic mass is 16.1. The van der Waals surface area contributed by atoms with Gasteiger partial charge in [0.15, 0.2) is 6.29 Å². The highest BCUT2D eigenvalue weighted by Crippen LogP contribution is 2.38. The smallest absolute Gasteiger partial charge is 0.151 e. The number of carbonyl (C=O) groups is 1. The van der Waals surface area contributed by atoms with Crippen molar-refractivity contribution in [2.24, 2.45) is 0 Å². The first-order valence-electron chi connectivity index (χ1n) is 3.68. The van der Waals surface area contributed by atoms with Crippen LogP contribution < -0.4 is 0 Å². The Bertz CT molecular complexity index is 281. The zero-order chi connectivity index (χ0) is 7.68. The zero-order valence-corrected chi connectivity index (χ0v) is 6.03. The summed E-state index contributed by atoms with van der Waals surface area (Å²) in [6.45, 7) is 0. The molecule has 1 aliphatic rings. The van der Waals surface area contributed by atoms with Gasteiger partial charge in [-0.3, -0.25) is 4.79 Å². The molecule has 3 heteroatoms. The summed E-state index contributed by atoms with van der Waals surface area (Å²) in [6.07, 6.45) is 4.67. The molecule has 0 N–H and O–H groups in total. The predicted molar refractivity (Wildman–Crippen MR) is 39.4 cm³/mol. The Morgan fingerprint density at radius 1 is 1.55 bits per heavy atom. The molecule has 1 aromatic rings. The van der Waals surface area contributed by atoms with Crippen molar-refractivity contribution in [3.8, 4) is 0 Å². The minimum Gasteiger partial charge on any atom is -0.298 e. The Morgan fingerprint density at radius 2 is 2.36 bits per heavy atom. The van der Waals surface area contributed by atoms with Crippen molar-refractivity contribution >= 4 is 6.29 Å². The molecular formula is C8H8N2O. The zero-order valence-electron chi connectivity index (χ0n) is 6.03. The fourth-order valence-electron chi connectivity index (χ4n) is 1.04. The lowest BCUT2D eigenvalue weighted by atomic mass is 10.2. The summed E-state index contributed by atoms with van der Waals surface area (Å²) in [5.41, 5.74) is 1.59. The van der Waals surface area contributed by atoms with Gasteiger partial charge >= 0.3 is 0 Å². The van der Waals surface area contributed by atoms with Gasteiger partial charge in [-0.2, -0.15) is 10.2 Å². The molecule has 3 nitrogen and oxygen atoms in total. The van der Waals surface area contributed by atoms with Crippen molar-refractivity contribution < 1.29 is 4.79 Å². The van der Waals surface area contributed by atoms with Crippen molar-refractivity contribution in [3.05, 3.63) is 23.5 Å². The number of rotatable bonds is 2. The van der Waals surface area contributed by atoms with E-state index in [1.165, 1.54) is 19.0 Å². The Labute approximate surface area is 64.5 Å². The van der Waals surface area contributed by atoms with Crippen LogP contribution in [0.5, 0.6) is 0 Å². The molecule has 11 heavy (non-hydrogen) atoms. The van der Waals surface area contributed by atoms with Crippen LogP contribution in [-0.4, -0.2) is 16.5 Å². The van der Waals surface area contributed by atoms with E-state index >= 15 is 0 Å². The maximum atomic E-state index is 10.3. The van der Waals surface area contributed by atoms with Gasteiger partial charge in [-0.15, -0.1) is 0 Å². The SMILES string of the molecule is O=Cc1cnnc(C2CC2)c1. The second-order valence-corrected chi connectivity index (χ2v) is 2.81. The minimum atomic E-state index is 0.572. The molecular weight excluding hydrogens is 140 g/mol.